The summed E-state index contributed by atoms with van der Waals surface area (Å²) in [5, 5.41) is 0. The van der Waals surface area contributed by atoms with Crippen molar-refractivity contribution in [2.24, 2.45) is 0 Å². The van der Waals surface area contributed by atoms with E-state index in [9.17, 15) is 4.79 Å². The maximum Gasteiger partial charge on any atom is 0.378 e. The molecule has 0 aromatic carbocycles. The molecule has 0 bridgehead atoms. The number of nitrogens with zero attached hydrogens (tertiary/aromatic N) is 1. The van der Waals surface area contributed by atoms with E-state index >= 15 is 0 Å². The molecule has 0 aliphatic heterocycles. The smallest absolute Gasteiger partial charge is 0.378 e. The molecule has 0 spiro atoms. The number of carbonyl (C=O) groups is 1. The van der Waals surface area contributed by atoms with Crippen LogP contribution in [0.1, 0.15) is 141 Å². The minimum atomic E-state index is -0.397. The molecule has 1 rings (SSSR count). The van der Waals surface area contributed by atoms with Crippen molar-refractivity contribution in [1.29, 1.82) is 0 Å². The van der Waals surface area contributed by atoms with E-state index in [-0.39, 0.29) is 17.0 Å². The fraction of sp³-hybridized carbons (Fsp3) is 0.742. The van der Waals surface area contributed by atoms with Gasteiger partial charge in [0.05, 0.1) is 5.56 Å². The van der Waals surface area contributed by atoms with E-state index < -0.39 is 5.97 Å². The third-order valence-corrected chi connectivity index (χ3v) is 6.83. The first-order valence-electron chi connectivity index (χ1n) is 14.5. The van der Waals surface area contributed by atoms with Crippen LogP contribution in [-0.4, -0.2) is 5.97 Å². The third kappa shape index (κ3) is 18.7. The molecule has 3 nitrogen and oxygen atoms in total. The number of pyridine rings is 1. The zero-order valence-corrected chi connectivity index (χ0v) is 24.6. The van der Waals surface area contributed by atoms with E-state index in [0.717, 1.165) is 18.5 Å². The van der Waals surface area contributed by atoms with Crippen LogP contribution < -0.4 is 26.3 Å². The molecule has 0 saturated heterocycles. The Bertz CT molecular complexity index is 647. The molecule has 0 atom stereocenters. The maximum atomic E-state index is 11.6. The summed E-state index contributed by atoms with van der Waals surface area (Å²) in [7, 11) is 0. The fourth-order valence-electron chi connectivity index (χ4n) is 4.65. The van der Waals surface area contributed by atoms with Crippen molar-refractivity contribution in [3.63, 3.8) is 0 Å². The summed E-state index contributed by atoms with van der Waals surface area (Å²) in [6, 6.07) is 3.98. The van der Waals surface area contributed by atoms with Crippen LogP contribution in [0.5, 0.6) is 5.88 Å². The van der Waals surface area contributed by atoms with Crippen LogP contribution >= 0.6 is 0 Å². The summed E-state index contributed by atoms with van der Waals surface area (Å²) in [4.78, 5) is 11.6. The largest absolute Gasteiger partial charge is 1.00 e. The van der Waals surface area contributed by atoms with Gasteiger partial charge in [-0.2, -0.15) is 4.57 Å². The molecule has 1 heterocycles. The van der Waals surface area contributed by atoms with E-state index in [1.54, 1.807) is 0 Å². The van der Waals surface area contributed by atoms with Gasteiger partial charge in [0.15, 0.2) is 12.7 Å². The lowest BCUT2D eigenvalue weighted by atomic mass is 10.0. The Morgan fingerprint density at radius 3 is 1.57 bits per heavy atom. The van der Waals surface area contributed by atoms with Crippen LogP contribution in [0.15, 0.2) is 31.0 Å². The van der Waals surface area contributed by atoms with Gasteiger partial charge in [-0.15, -0.1) is 0 Å². The summed E-state index contributed by atoms with van der Waals surface area (Å²) in [5.41, 5.74) is 0.978. The molecule has 0 saturated carbocycles. The van der Waals surface area contributed by atoms with Crippen molar-refractivity contribution in [2.45, 2.75) is 149 Å². The number of aryl methyl sites for hydroxylation is 2. The molecule has 0 radical (unpaired) electrons. The van der Waals surface area contributed by atoms with E-state index in [1.807, 2.05) is 29.8 Å². The summed E-state index contributed by atoms with van der Waals surface area (Å²) in [6.45, 7) is 8.64. The van der Waals surface area contributed by atoms with Crippen molar-refractivity contribution in [2.75, 3.05) is 0 Å². The minimum absolute atomic E-state index is 0. The Kier molecular flexibility index (Phi) is 23.7. The second-order valence-corrected chi connectivity index (χ2v) is 10.0. The monoisotopic (exact) mass is 551 g/mol. The molecule has 0 aliphatic carbocycles. The van der Waals surface area contributed by atoms with Crippen LogP contribution in [-0.2, 0) is 11.3 Å². The van der Waals surface area contributed by atoms with Crippen molar-refractivity contribution >= 4 is 5.97 Å². The first-order valence-corrected chi connectivity index (χ1v) is 14.5. The van der Waals surface area contributed by atoms with Crippen molar-refractivity contribution < 1.29 is 31.1 Å². The second kappa shape index (κ2) is 24.5. The molecular weight excluding hydrogens is 498 g/mol. The van der Waals surface area contributed by atoms with E-state index in [1.165, 1.54) is 128 Å². The highest BCUT2D eigenvalue weighted by Crippen LogP contribution is 2.15. The maximum absolute atomic E-state index is 11.6. The number of carbonyl (C=O) groups excluding carboxylic acids is 1. The predicted molar refractivity (Wildman–Crippen MR) is 145 cm³/mol. The number of esters is 1. The van der Waals surface area contributed by atoms with E-state index in [4.69, 9.17) is 4.74 Å². The zero-order valence-electron chi connectivity index (χ0n) is 23.0. The number of rotatable bonds is 23. The van der Waals surface area contributed by atoms with Crippen LogP contribution in [0.2, 0.25) is 0 Å². The van der Waals surface area contributed by atoms with Gasteiger partial charge in [0.25, 0.3) is 0 Å². The van der Waals surface area contributed by atoms with Gasteiger partial charge in [-0.1, -0.05) is 129 Å². The minimum Gasteiger partial charge on any atom is -1.00 e. The topological polar surface area (TPSA) is 30.2 Å². The molecule has 4 heteroatoms. The van der Waals surface area contributed by atoms with Gasteiger partial charge in [-0.3, -0.25) is 0 Å². The predicted octanol–water partition coefficient (Wildman–Crippen LogP) is 6.20. The molecule has 35 heavy (non-hydrogen) atoms. The summed E-state index contributed by atoms with van der Waals surface area (Å²) in [6.07, 6.45) is 31.1. The summed E-state index contributed by atoms with van der Waals surface area (Å²) in [5.74, 6) is 0.247. The lowest BCUT2D eigenvalue weighted by Gasteiger charge is -2.06. The number of hydrogen-bond donors (Lipinski definition) is 0. The second-order valence-electron chi connectivity index (χ2n) is 10.0. The number of hydrogen-bond acceptors (Lipinski definition) is 2. The average Bonchev–Trinajstić information content (AvgIpc) is 2.84. The van der Waals surface area contributed by atoms with Gasteiger partial charge in [0.2, 0.25) is 0 Å². The molecule has 202 valence electrons. The van der Waals surface area contributed by atoms with E-state index in [2.05, 4.69) is 13.5 Å². The molecule has 1 aromatic heterocycles. The molecule has 0 fully saturated rings. The fourth-order valence-corrected chi connectivity index (χ4v) is 4.65. The van der Waals surface area contributed by atoms with Crippen LogP contribution in [0.4, 0.5) is 0 Å². The number of halogens is 1. The highest BCUT2D eigenvalue weighted by Gasteiger charge is 2.17. The SMILES string of the molecule is C=CC(=O)Oc1c(C)ccc[n+]1CCCCCCCCCCCCCCCCCCCCCC.[Br-]. The first-order chi connectivity index (χ1) is 16.7. The molecule has 0 N–H and O–H groups in total. The van der Waals surface area contributed by atoms with E-state index in [0.29, 0.717) is 5.88 Å². The van der Waals surface area contributed by atoms with Gasteiger partial charge in [-0.25, -0.2) is 4.79 Å². The molecular formula is C31H54BrNO2. The van der Waals surface area contributed by atoms with Crippen LogP contribution in [0.3, 0.4) is 0 Å². The van der Waals surface area contributed by atoms with Crippen LogP contribution in [0, 0.1) is 6.92 Å². The average molecular weight is 553 g/mol. The molecule has 0 aliphatic rings. The Balaban J connectivity index is 0.0000116. The number of ether oxygens (including phenoxy) is 1. The van der Waals surface area contributed by atoms with Crippen molar-refractivity contribution in [3.8, 4) is 5.88 Å². The number of aromatic nitrogens is 1. The number of unbranched alkanes of at least 4 members (excludes halogenated alkanes) is 19. The normalized spacial score (nSPS) is 10.7. The lowest BCUT2D eigenvalue weighted by molar-refractivity contribution is -0.701. The first kappa shape index (κ1) is 33.8. The standard InChI is InChI=1S/C31H54NO2.BrH/c1-4-6-7-8-9-10-11-12-13-14-15-16-17-18-19-20-21-22-23-24-27-32-28-25-26-29(3)31(32)34-30(33)5-2;/h5,25-26,28H,2,4,6-24,27H2,1,3H3;1H/q+1;/p-1. The van der Waals surface area contributed by atoms with Crippen molar-refractivity contribution in [1.82, 2.24) is 0 Å². The van der Waals surface area contributed by atoms with Gasteiger partial charge in [0.1, 0.15) is 0 Å². The summed E-state index contributed by atoms with van der Waals surface area (Å²) >= 11 is 0. The molecule has 1 aromatic rings. The molecule has 0 unspecified atom stereocenters. The van der Waals surface area contributed by atoms with Gasteiger partial charge < -0.3 is 21.7 Å². The zero-order chi connectivity index (χ0) is 24.7. The highest BCUT2D eigenvalue weighted by molar-refractivity contribution is 5.83. The Morgan fingerprint density at radius 1 is 0.771 bits per heavy atom. The Labute approximate surface area is 227 Å². The van der Waals surface area contributed by atoms with Crippen molar-refractivity contribution in [3.05, 3.63) is 36.5 Å². The summed E-state index contributed by atoms with van der Waals surface area (Å²) < 4.78 is 7.47. The highest BCUT2D eigenvalue weighted by atomic mass is 79.9. The van der Waals surface area contributed by atoms with Gasteiger partial charge in [0, 0.05) is 18.6 Å². The Morgan fingerprint density at radius 2 is 1.17 bits per heavy atom. The lowest BCUT2D eigenvalue weighted by Crippen LogP contribution is -3.00. The van der Waals surface area contributed by atoms with Gasteiger partial charge in [-0.05, 0) is 19.4 Å². The van der Waals surface area contributed by atoms with Crippen LogP contribution in [0.25, 0.3) is 0 Å². The quantitative estimate of drug-likeness (QED) is 0.0701. The Hall–Kier alpha value is -1.16. The molecule has 0 amide bonds. The van der Waals surface area contributed by atoms with Gasteiger partial charge >= 0.3 is 11.8 Å². The third-order valence-electron chi connectivity index (χ3n) is 6.83.